The Morgan fingerprint density at radius 1 is 1.18 bits per heavy atom. The van der Waals surface area contributed by atoms with Crippen molar-refractivity contribution in [2.24, 2.45) is 0 Å². The first-order chi connectivity index (χ1) is 8.13. The fourth-order valence-corrected chi connectivity index (χ4v) is 2.31. The second-order valence-corrected chi connectivity index (χ2v) is 4.67. The molecule has 0 bridgehead atoms. The van der Waals surface area contributed by atoms with Gasteiger partial charge in [0.1, 0.15) is 0 Å². The topological polar surface area (TPSA) is 17.0 Å². The van der Waals surface area contributed by atoms with Gasteiger partial charge in [-0.1, -0.05) is 11.6 Å². The predicted octanol–water partition coefficient (Wildman–Crippen LogP) is 3.47. The van der Waals surface area contributed by atoms with Gasteiger partial charge in [0.15, 0.2) is 0 Å². The van der Waals surface area contributed by atoms with Crippen molar-refractivity contribution in [2.75, 3.05) is 7.05 Å². The zero-order valence-corrected chi connectivity index (χ0v) is 11.2. The van der Waals surface area contributed by atoms with E-state index >= 15 is 0 Å². The van der Waals surface area contributed by atoms with Crippen molar-refractivity contribution in [3.8, 4) is 5.69 Å². The highest BCUT2D eigenvalue weighted by molar-refractivity contribution is 6.30. The van der Waals surface area contributed by atoms with Gasteiger partial charge in [-0.25, -0.2) is 0 Å². The molecule has 0 saturated carbocycles. The summed E-state index contributed by atoms with van der Waals surface area (Å²) in [5.41, 5.74) is 5.01. The number of halogens is 1. The number of hydrogen-bond acceptors (Lipinski definition) is 1. The molecular formula is C14H17ClN2. The third-order valence-corrected chi connectivity index (χ3v) is 3.24. The number of aromatic nitrogens is 1. The van der Waals surface area contributed by atoms with Crippen molar-refractivity contribution in [3.05, 3.63) is 52.3 Å². The lowest BCUT2D eigenvalue weighted by Crippen LogP contribution is -2.06. The van der Waals surface area contributed by atoms with E-state index < -0.39 is 0 Å². The van der Waals surface area contributed by atoms with Gasteiger partial charge in [0.05, 0.1) is 0 Å². The molecule has 0 saturated heterocycles. The van der Waals surface area contributed by atoms with Crippen LogP contribution >= 0.6 is 11.6 Å². The standard InChI is InChI=1S/C14H17ClN2/c1-10-8-12(9-16-3)11(2)17(10)14-6-4-13(15)5-7-14/h4-8,16H,9H2,1-3H3. The molecule has 1 aromatic carbocycles. The Labute approximate surface area is 107 Å². The Morgan fingerprint density at radius 2 is 1.82 bits per heavy atom. The van der Waals surface area contributed by atoms with Crippen LogP contribution in [0.1, 0.15) is 17.0 Å². The SMILES string of the molecule is CNCc1cc(C)n(-c2ccc(Cl)cc2)c1C. The average molecular weight is 249 g/mol. The first-order valence-electron chi connectivity index (χ1n) is 5.72. The van der Waals surface area contributed by atoms with E-state index in [0.717, 1.165) is 17.3 Å². The maximum absolute atomic E-state index is 5.91. The summed E-state index contributed by atoms with van der Waals surface area (Å²) in [6, 6.07) is 10.2. The summed E-state index contributed by atoms with van der Waals surface area (Å²) in [7, 11) is 1.97. The van der Waals surface area contributed by atoms with Gasteiger partial charge in [-0.05, 0) is 56.8 Å². The number of benzene rings is 1. The van der Waals surface area contributed by atoms with Crippen LogP contribution in [0.15, 0.2) is 30.3 Å². The van der Waals surface area contributed by atoms with Gasteiger partial charge >= 0.3 is 0 Å². The minimum absolute atomic E-state index is 0.770. The van der Waals surface area contributed by atoms with Gasteiger partial charge in [0.2, 0.25) is 0 Å². The molecule has 0 amide bonds. The summed E-state index contributed by atoms with van der Waals surface area (Å²) in [5.74, 6) is 0. The number of aryl methyl sites for hydroxylation is 1. The van der Waals surface area contributed by atoms with E-state index in [9.17, 15) is 0 Å². The lowest BCUT2D eigenvalue weighted by Gasteiger charge is -2.10. The van der Waals surface area contributed by atoms with E-state index in [4.69, 9.17) is 11.6 Å². The fraction of sp³-hybridized carbons (Fsp3) is 0.286. The third kappa shape index (κ3) is 2.38. The Kier molecular flexibility index (Phi) is 3.55. The molecule has 0 unspecified atom stereocenters. The Hall–Kier alpha value is -1.25. The number of nitrogens with zero attached hydrogens (tertiary/aromatic N) is 1. The van der Waals surface area contributed by atoms with Crippen LogP contribution in [-0.2, 0) is 6.54 Å². The summed E-state index contributed by atoms with van der Waals surface area (Å²) < 4.78 is 2.25. The van der Waals surface area contributed by atoms with Gasteiger partial charge in [-0.15, -0.1) is 0 Å². The molecule has 0 spiro atoms. The van der Waals surface area contributed by atoms with Crippen LogP contribution in [0.2, 0.25) is 5.02 Å². The van der Waals surface area contributed by atoms with E-state index in [1.807, 2.05) is 31.3 Å². The van der Waals surface area contributed by atoms with Crippen molar-refractivity contribution in [2.45, 2.75) is 20.4 Å². The molecule has 1 aromatic heterocycles. The minimum atomic E-state index is 0.770. The number of hydrogen-bond donors (Lipinski definition) is 1. The summed E-state index contributed by atoms with van der Waals surface area (Å²) >= 11 is 5.91. The maximum Gasteiger partial charge on any atom is 0.0456 e. The lowest BCUT2D eigenvalue weighted by atomic mass is 10.2. The molecule has 0 aliphatic heterocycles. The molecule has 0 aliphatic carbocycles. The summed E-state index contributed by atoms with van der Waals surface area (Å²) in [6.45, 7) is 5.17. The molecule has 17 heavy (non-hydrogen) atoms. The van der Waals surface area contributed by atoms with Gasteiger partial charge in [0, 0.05) is 28.6 Å². The van der Waals surface area contributed by atoms with Gasteiger partial charge in [-0.3, -0.25) is 0 Å². The van der Waals surface area contributed by atoms with E-state index in [1.165, 1.54) is 17.0 Å². The van der Waals surface area contributed by atoms with Gasteiger partial charge in [0.25, 0.3) is 0 Å². The summed E-state index contributed by atoms with van der Waals surface area (Å²) in [5, 5.41) is 3.96. The molecule has 90 valence electrons. The highest BCUT2D eigenvalue weighted by atomic mass is 35.5. The molecule has 1 N–H and O–H groups in total. The highest BCUT2D eigenvalue weighted by Gasteiger charge is 2.09. The van der Waals surface area contributed by atoms with Crippen LogP contribution in [0.25, 0.3) is 5.69 Å². The predicted molar refractivity (Wildman–Crippen MR) is 73.0 cm³/mol. The van der Waals surface area contributed by atoms with Crippen molar-refractivity contribution in [1.29, 1.82) is 0 Å². The van der Waals surface area contributed by atoms with Crippen molar-refractivity contribution in [1.82, 2.24) is 9.88 Å². The third-order valence-electron chi connectivity index (χ3n) is 2.99. The average Bonchev–Trinajstić information content (AvgIpc) is 2.57. The second kappa shape index (κ2) is 4.94. The highest BCUT2D eigenvalue weighted by Crippen LogP contribution is 2.21. The smallest absolute Gasteiger partial charge is 0.0456 e. The van der Waals surface area contributed by atoms with Crippen LogP contribution in [0.4, 0.5) is 0 Å². The minimum Gasteiger partial charge on any atom is -0.318 e. The van der Waals surface area contributed by atoms with Crippen molar-refractivity contribution < 1.29 is 0 Å². The van der Waals surface area contributed by atoms with E-state index in [-0.39, 0.29) is 0 Å². The first-order valence-corrected chi connectivity index (χ1v) is 6.09. The van der Waals surface area contributed by atoms with Gasteiger partial charge < -0.3 is 9.88 Å². The van der Waals surface area contributed by atoms with E-state index in [2.05, 4.69) is 29.8 Å². The normalized spacial score (nSPS) is 10.8. The summed E-state index contributed by atoms with van der Waals surface area (Å²) in [6.07, 6.45) is 0. The lowest BCUT2D eigenvalue weighted by molar-refractivity contribution is 0.807. The largest absolute Gasteiger partial charge is 0.318 e. The van der Waals surface area contributed by atoms with Crippen LogP contribution in [0, 0.1) is 13.8 Å². The molecule has 0 fully saturated rings. The molecule has 0 aliphatic rings. The van der Waals surface area contributed by atoms with Crippen LogP contribution < -0.4 is 5.32 Å². The number of rotatable bonds is 3. The fourth-order valence-electron chi connectivity index (χ4n) is 2.19. The Morgan fingerprint density at radius 3 is 2.41 bits per heavy atom. The molecule has 2 nitrogen and oxygen atoms in total. The molecule has 1 heterocycles. The van der Waals surface area contributed by atoms with E-state index in [0.29, 0.717) is 0 Å². The van der Waals surface area contributed by atoms with Crippen molar-refractivity contribution in [3.63, 3.8) is 0 Å². The monoisotopic (exact) mass is 248 g/mol. The zero-order chi connectivity index (χ0) is 12.4. The molecule has 2 aromatic rings. The van der Waals surface area contributed by atoms with Crippen LogP contribution in [0.3, 0.4) is 0 Å². The van der Waals surface area contributed by atoms with Crippen LogP contribution in [0.5, 0.6) is 0 Å². The van der Waals surface area contributed by atoms with Crippen molar-refractivity contribution >= 4 is 11.6 Å². The molecule has 0 atom stereocenters. The maximum atomic E-state index is 5.91. The van der Waals surface area contributed by atoms with Gasteiger partial charge in [-0.2, -0.15) is 0 Å². The Balaban J connectivity index is 2.48. The molecular weight excluding hydrogens is 232 g/mol. The number of nitrogens with one attached hydrogen (secondary N) is 1. The second-order valence-electron chi connectivity index (χ2n) is 4.24. The zero-order valence-electron chi connectivity index (χ0n) is 10.4. The Bertz CT molecular complexity index is 512. The molecule has 3 heteroatoms. The quantitative estimate of drug-likeness (QED) is 0.880. The molecule has 0 radical (unpaired) electrons. The summed E-state index contributed by atoms with van der Waals surface area (Å²) in [4.78, 5) is 0. The first kappa shape index (κ1) is 12.2. The van der Waals surface area contributed by atoms with E-state index in [1.54, 1.807) is 0 Å². The molecule has 2 rings (SSSR count). The van der Waals surface area contributed by atoms with Crippen LogP contribution in [-0.4, -0.2) is 11.6 Å².